The molecule has 82 valence electrons. The lowest BCUT2D eigenvalue weighted by atomic mass is 10.1. The molecular weight excluding hydrogens is 188 g/mol. The fourth-order valence-electron chi connectivity index (χ4n) is 2.14. The first-order chi connectivity index (χ1) is 7.27. The summed E-state index contributed by atoms with van der Waals surface area (Å²) in [7, 11) is 0. The summed E-state index contributed by atoms with van der Waals surface area (Å²) in [6.45, 7) is 2.01. The second kappa shape index (κ2) is 4.51. The van der Waals surface area contributed by atoms with Crippen molar-refractivity contribution in [3.63, 3.8) is 0 Å². The van der Waals surface area contributed by atoms with Crippen molar-refractivity contribution in [1.29, 1.82) is 0 Å². The molecule has 1 aliphatic carbocycles. The SMILES string of the molecule is CC(N=C(N)C1CCCC1)c1ccco1. The van der Waals surface area contributed by atoms with Crippen molar-refractivity contribution < 1.29 is 4.42 Å². The summed E-state index contributed by atoms with van der Waals surface area (Å²) in [4.78, 5) is 4.50. The molecule has 0 aromatic carbocycles. The summed E-state index contributed by atoms with van der Waals surface area (Å²) in [6, 6.07) is 3.86. The monoisotopic (exact) mass is 206 g/mol. The van der Waals surface area contributed by atoms with Crippen molar-refractivity contribution in [2.45, 2.75) is 38.6 Å². The molecule has 0 bridgehead atoms. The molecule has 3 nitrogen and oxygen atoms in total. The van der Waals surface area contributed by atoms with E-state index in [4.69, 9.17) is 10.2 Å². The van der Waals surface area contributed by atoms with Crippen LogP contribution in [-0.4, -0.2) is 5.84 Å². The van der Waals surface area contributed by atoms with E-state index in [1.54, 1.807) is 6.26 Å². The van der Waals surface area contributed by atoms with Gasteiger partial charge in [-0.1, -0.05) is 12.8 Å². The molecule has 0 spiro atoms. The third-order valence-electron chi connectivity index (χ3n) is 3.07. The zero-order chi connectivity index (χ0) is 10.7. The quantitative estimate of drug-likeness (QED) is 0.610. The fraction of sp³-hybridized carbons (Fsp3) is 0.583. The fourth-order valence-corrected chi connectivity index (χ4v) is 2.14. The Morgan fingerprint density at radius 1 is 1.53 bits per heavy atom. The van der Waals surface area contributed by atoms with Crippen LogP contribution in [0.1, 0.15) is 44.4 Å². The summed E-state index contributed by atoms with van der Waals surface area (Å²) in [5.74, 6) is 2.19. The lowest BCUT2D eigenvalue weighted by Gasteiger charge is -2.10. The summed E-state index contributed by atoms with van der Waals surface area (Å²) in [5.41, 5.74) is 5.99. The highest BCUT2D eigenvalue weighted by atomic mass is 16.3. The molecule has 1 saturated carbocycles. The van der Waals surface area contributed by atoms with Crippen LogP contribution in [0.2, 0.25) is 0 Å². The molecule has 2 N–H and O–H groups in total. The Balaban J connectivity index is 2.02. The number of rotatable bonds is 3. The largest absolute Gasteiger partial charge is 0.467 e. The number of aliphatic imine (C=N–C) groups is 1. The van der Waals surface area contributed by atoms with Gasteiger partial charge in [-0.25, -0.2) is 0 Å². The first-order valence-electron chi connectivity index (χ1n) is 5.64. The first-order valence-corrected chi connectivity index (χ1v) is 5.64. The summed E-state index contributed by atoms with van der Waals surface area (Å²) >= 11 is 0. The van der Waals surface area contributed by atoms with E-state index in [2.05, 4.69) is 4.99 Å². The van der Waals surface area contributed by atoms with Crippen LogP contribution < -0.4 is 5.73 Å². The number of hydrogen-bond donors (Lipinski definition) is 1. The molecule has 1 atom stereocenters. The van der Waals surface area contributed by atoms with Crippen LogP contribution in [0.15, 0.2) is 27.8 Å². The van der Waals surface area contributed by atoms with Crippen LogP contribution in [0, 0.1) is 5.92 Å². The third-order valence-corrected chi connectivity index (χ3v) is 3.07. The topological polar surface area (TPSA) is 51.5 Å². The van der Waals surface area contributed by atoms with Gasteiger partial charge in [0.05, 0.1) is 12.1 Å². The maximum absolute atomic E-state index is 5.99. The average molecular weight is 206 g/mol. The van der Waals surface area contributed by atoms with Crippen molar-refractivity contribution in [2.75, 3.05) is 0 Å². The zero-order valence-electron chi connectivity index (χ0n) is 9.15. The van der Waals surface area contributed by atoms with Gasteiger partial charge in [-0.05, 0) is 31.9 Å². The van der Waals surface area contributed by atoms with E-state index in [9.17, 15) is 0 Å². The number of nitrogens with zero attached hydrogens (tertiary/aromatic N) is 1. The van der Waals surface area contributed by atoms with E-state index in [1.165, 1.54) is 25.7 Å². The highest BCUT2D eigenvalue weighted by Crippen LogP contribution is 2.26. The molecule has 1 aliphatic rings. The van der Waals surface area contributed by atoms with Gasteiger partial charge in [0.25, 0.3) is 0 Å². The van der Waals surface area contributed by atoms with Crippen molar-refractivity contribution in [3.8, 4) is 0 Å². The van der Waals surface area contributed by atoms with Gasteiger partial charge in [-0.2, -0.15) is 0 Å². The van der Waals surface area contributed by atoms with Crippen LogP contribution in [0.25, 0.3) is 0 Å². The van der Waals surface area contributed by atoms with E-state index >= 15 is 0 Å². The molecule has 0 amide bonds. The van der Waals surface area contributed by atoms with Gasteiger partial charge in [0, 0.05) is 5.92 Å². The Labute approximate surface area is 90.4 Å². The summed E-state index contributed by atoms with van der Waals surface area (Å²) in [5, 5.41) is 0. The first kappa shape index (κ1) is 10.3. The summed E-state index contributed by atoms with van der Waals surface area (Å²) < 4.78 is 5.30. The van der Waals surface area contributed by atoms with Gasteiger partial charge >= 0.3 is 0 Å². The predicted octanol–water partition coefficient (Wildman–Crippen LogP) is 2.89. The van der Waals surface area contributed by atoms with Crippen LogP contribution in [0.4, 0.5) is 0 Å². The van der Waals surface area contributed by atoms with Crippen LogP contribution in [0.5, 0.6) is 0 Å². The van der Waals surface area contributed by atoms with Crippen molar-refractivity contribution >= 4 is 5.84 Å². The lowest BCUT2D eigenvalue weighted by molar-refractivity contribution is 0.479. The van der Waals surface area contributed by atoms with E-state index < -0.39 is 0 Å². The minimum atomic E-state index is 0.0422. The molecule has 1 aromatic rings. The van der Waals surface area contributed by atoms with Gasteiger partial charge in [-0.3, -0.25) is 4.99 Å². The molecule has 0 aliphatic heterocycles. The van der Waals surface area contributed by atoms with Crippen LogP contribution in [0.3, 0.4) is 0 Å². The zero-order valence-corrected chi connectivity index (χ0v) is 9.15. The predicted molar refractivity (Wildman–Crippen MR) is 60.7 cm³/mol. The maximum Gasteiger partial charge on any atom is 0.128 e. The molecule has 2 rings (SSSR count). The van der Waals surface area contributed by atoms with Gasteiger partial charge in [0.2, 0.25) is 0 Å². The number of nitrogens with two attached hydrogens (primary N) is 1. The van der Waals surface area contributed by atoms with E-state index in [1.807, 2.05) is 19.1 Å². The van der Waals surface area contributed by atoms with Crippen molar-refractivity contribution in [2.24, 2.45) is 16.6 Å². The smallest absolute Gasteiger partial charge is 0.128 e. The minimum Gasteiger partial charge on any atom is -0.467 e. The third kappa shape index (κ3) is 2.41. The van der Waals surface area contributed by atoms with E-state index in [-0.39, 0.29) is 6.04 Å². The number of furan rings is 1. The lowest BCUT2D eigenvalue weighted by Crippen LogP contribution is -2.22. The Morgan fingerprint density at radius 2 is 2.27 bits per heavy atom. The Kier molecular flexibility index (Phi) is 3.09. The van der Waals surface area contributed by atoms with Gasteiger partial charge in [0.1, 0.15) is 11.8 Å². The van der Waals surface area contributed by atoms with Crippen molar-refractivity contribution in [3.05, 3.63) is 24.2 Å². The van der Waals surface area contributed by atoms with E-state index in [0.29, 0.717) is 5.92 Å². The Hall–Kier alpha value is -1.25. The number of amidine groups is 1. The Bertz CT molecular complexity index is 323. The highest BCUT2D eigenvalue weighted by Gasteiger charge is 2.19. The molecule has 1 unspecified atom stereocenters. The van der Waals surface area contributed by atoms with Crippen LogP contribution in [-0.2, 0) is 0 Å². The molecule has 0 radical (unpaired) electrons. The second-order valence-corrected chi connectivity index (χ2v) is 4.23. The van der Waals surface area contributed by atoms with E-state index in [0.717, 1.165) is 11.6 Å². The highest BCUT2D eigenvalue weighted by molar-refractivity contribution is 5.83. The van der Waals surface area contributed by atoms with Gasteiger partial charge in [0.15, 0.2) is 0 Å². The van der Waals surface area contributed by atoms with Crippen molar-refractivity contribution in [1.82, 2.24) is 0 Å². The molecule has 3 heteroatoms. The van der Waals surface area contributed by atoms with Gasteiger partial charge < -0.3 is 10.2 Å². The maximum atomic E-state index is 5.99. The molecule has 1 heterocycles. The summed E-state index contributed by atoms with van der Waals surface area (Å²) in [6.07, 6.45) is 6.64. The normalized spacial score (nSPS) is 20.7. The standard InChI is InChI=1S/C12H18N2O/c1-9(11-7-4-8-15-11)14-12(13)10-5-2-3-6-10/h4,7-10H,2-3,5-6H2,1H3,(H2,13,14). The second-order valence-electron chi connectivity index (χ2n) is 4.23. The molecule has 1 aromatic heterocycles. The molecule has 0 saturated heterocycles. The van der Waals surface area contributed by atoms with Gasteiger partial charge in [-0.15, -0.1) is 0 Å². The number of hydrogen-bond acceptors (Lipinski definition) is 2. The molecule has 1 fully saturated rings. The molecular formula is C12H18N2O. The average Bonchev–Trinajstić information content (AvgIpc) is 2.91. The molecule has 15 heavy (non-hydrogen) atoms. The Morgan fingerprint density at radius 3 is 2.87 bits per heavy atom. The minimum absolute atomic E-state index is 0.0422. The van der Waals surface area contributed by atoms with Crippen LogP contribution >= 0.6 is 0 Å².